The predicted molar refractivity (Wildman–Crippen MR) is 119 cm³/mol. The lowest BCUT2D eigenvalue weighted by Gasteiger charge is -2.09. The quantitative estimate of drug-likeness (QED) is 0.201. The number of esters is 1. The molecule has 8 nitrogen and oxygen atoms in total. The van der Waals surface area contributed by atoms with Gasteiger partial charge in [0.15, 0.2) is 11.5 Å². The summed E-state index contributed by atoms with van der Waals surface area (Å²) in [6.07, 6.45) is 4.33. The third-order valence-electron chi connectivity index (χ3n) is 4.19. The molecule has 2 aromatic carbocycles. The van der Waals surface area contributed by atoms with Gasteiger partial charge in [0.1, 0.15) is 17.4 Å². The maximum absolute atomic E-state index is 12.2. The van der Waals surface area contributed by atoms with Crippen molar-refractivity contribution in [1.82, 2.24) is 5.32 Å². The molecule has 0 spiro atoms. The van der Waals surface area contributed by atoms with E-state index in [2.05, 4.69) is 5.32 Å². The van der Waals surface area contributed by atoms with Crippen LogP contribution in [0.5, 0.6) is 17.2 Å². The van der Waals surface area contributed by atoms with Crippen LogP contribution in [0.3, 0.4) is 0 Å². The molecule has 0 unspecified atom stereocenters. The highest BCUT2D eigenvalue weighted by atomic mass is 16.6. The zero-order valence-electron chi connectivity index (χ0n) is 18.1. The van der Waals surface area contributed by atoms with Crippen molar-refractivity contribution in [2.24, 2.45) is 0 Å². The molecule has 1 amide bonds. The van der Waals surface area contributed by atoms with E-state index in [0.29, 0.717) is 12.2 Å². The van der Waals surface area contributed by atoms with Crippen LogP contribution in [0.1, 0.15) is 11.1 Å². The molecule has 166 valence electrons. The van der Waals surface area contributed by atoms with Gasteiger partial charge in [0.2, 0.25) is 0 Å². The average Bonchev–Trinajstić information content (AvgIpc) is 2.82. The van der Waals surface area contributed by atoms with Gasteiger partial charge in [-0.15, -0.1) is 0 Å². The van der Waals surface area contributed by atoms with Gasteiger partial charge < -0.3 is 24.3 Å². The summed E-state index contributed by atoms with van der Waals surface area (Å²) in [6.45, 7) is 0.627. The van der Waals surface area contributed by atoms with Crippen molar-refractivity contribution < 1.29 is 28.5 Å². The zero-order chi connectivity index (χ0) is 23.3. The number of hydrogen-bond donors (Lipinski definition) is 1. The molecule has 0 aliphatic carbocycles. The van der Waals surface area contributed by atoms with E-state index in [-0.39, 0.29) is 23.6 Å². The number of nitrogens with zero attached hydrogens (tertiary/aromatic N) is 1. The second-order valence-corrected chi connectivity index (χ2v) is 6.36. The van der Waals surface area contributed by atoms with E-state index >= 15 is 0 Å². The predicted octanol–water partition coefficient (Wildman–Crippen LogP) is 2.99. The Morgan fingerprint density at radius 2 is 1.72 bits per heavy atom. The van der Waals surface area contributed by atoms with Crippen molar-refractivity contribution in [3.05, 3.63) is 65.2 Å². The van der Waals surface area contributed by atoms with Gasteiger partial charge in [-0.3, -0.25) is 4.79 Å². The highest BCUT2D eigenvalue weighted by Gasteiger charge is 2.12. The molecule has 32 heavy (non-hydrogen) atoms. The first-order chi connectivity index (χ1) is 15.5. The topological polar surface area (TPSA) is 107 Å². The number of carbonyl (C=O) groups is 2. The Bertz CT molecular complexity index is 1040. The smallest absolute Gasteiger partial charge is 0.336 e. The highest BCUT2D eigenvalue weighted by Crippen LogP contribution is 2.29. The molecule has 0 atom stereocenters. The van der Waals surface area contributed by atoms with Crippen LogP contribution in [0.15, 0.2) is 54.1 Å². The Balaban J connectivity index is 2.10. The minimum absolute atomic E-state index is 0.0738. The van der Waals surface area contributed by atoms with Crippen molar-refractivity contribution >= 4 is 24.0 Å². The van der Waals surface area contributed by atoms with E-state index in [9.17, 15) is 14.9 Å². The van der Waals surface area contributed by atoms with Crippen LogP contribution in [0, 0.1) is 11.3 Å². The fourth-order valence-corrected chi connectivity index (χ4v) is 2.56. The zero-order valence-corrected chi connectivity index (χ0v) is 18.1. The van der Waals surface area contributed by atoms with E-state index in [0.717, 1.165) is 11.3 Å². The van der Waals surface area contributed by atoms with Gasteiger partial charge >= 0.3 is 5.97 Å². The molecule has 0 saturated carbocycles. The van der Waals surface area contributed by atoms with Crippen LogP contribution in [0.2, 0.25) is 0 Å². The van der Waals surface area contributed by atoms with E-state index in [1.807, 2.05) is 18.2 Å². The van der Waals surface area contributed by atoms with Gasteiger partial charge in [0.25, 0.3) is 5.91 Å². The first-order valence-corrected chi connectivity index (χ1v) is 9.61. The third-order valence-corrected chi connectivity index (χ3v) is 4.19. The molecular formula is C24H24N2O6. The maximum atomic E-state index is 12.2. The molecule has 2 aromatic rings. The van der Waals surface area contributed by atoms with Crippen molar-refractivity contribution in [3.8, 4) is 23.3 Å². The summed E-state index contributed by atoms with van der Waals surface area (Å²) in [7, 11) is 4.52. The second-order valence-electron chi connectivity index (χ2n) is 6.36. The normalized spacial score (nSPS) is 11.0. The molecular weight excluding hydrogens is 412 g/mol. The third kappa shape index (κ3) is 7.31. The Morgan fingerprint density at radius 3 is 2.34 bits per heavy atom. The number of hydrogen-bond acceptors (Lipinski definition) is 7. The average molecular weight is 436 g/mol. The number of carbonyl (C=O) groups excluding carboxylic acids is 2. The van der Waals surface area contributed by atoms with Gasteiger partial charge in [-0.1, -0.05) is 18.2 Å². The molecule has 2 rings (SSSR count). The van der Waals surface area contributed by atoms with Gasteiger partial charge in [0, 0.05) is 19.7 Å². The molecule has 0 radical (unpaired) electrons. The molecule has 1 N–H and O–H groups in total. The van der Waals surface area contributed by atoms with Gasteiger partial charge in [-0.25, -0.2) is 4.79 Å². The summed E-state index contributed by atoms with van der Waals surface area (Å²) in [6, 6.07) is 13.8. The fourth-order valence-electron chi connectivity index (χ4n) is 2.56. The van der Waals surface area contributed by atoms with Crippen LogP contribution in [-0.4, -0.2) is 46.4 Å². The van der Waals surface area contributed by atoms with Crippen molar-refractivity contribution in [2.75, 3.05) is 34.5 Å². The summed E-state index contributed by atoms with van der Waals surface area (Å²) in [5.41, 5.74) is 1.27. The fraction of sp³-hybridized carbons (Fsp3) is 0.208. The molecule has 0 fully saturated rings. The minimum atomic E-state index is -0.586. The Hall–Kier alpha value is -4.09. The minimum Gasteiger partial charge on any atom is -0.497 e. The first-order valence-electron chi connectivity index (χ1n) is 9.61. The van der Waals surface area contributed by atoms with Crippen LogP contribution in [-0.2, 0) is 14.3 Å². The summed E-state index contributed by atoms with van der Waals surface area (Å²) in [5.74, 6) is 0.107. The molecule has 8 heteroatoms. The lowest BCUT2D eigenvalue weighted by Crippen LogP contribution is -2.27. The number of amides is 1. The lowest BCUT2D eigenvalue weighted by molar-refractivity contribution is -0.129. The van der Waals surface area contributed by atoms with Crippen molar-refractivity contribution in [2.45, 2.75) is 0 Å². The summed E-state index contributed by atoms with van der Waals surface area (Å²) in [4.78, 5) is 24.3. The Morgan fingerprint density at radius 1 is 1.00 bits per heavy atom. The van der Waals surface area contributed by atoms with E-state index in [1.54, 1.807) is 37.5 Å². The van der Waals surface area contributed by atoms with Crippen molar-refractivity contribution in [3.63, 3.8) is 0 Å². The van der Waals surface area contributed by atoms with Crippen LogP contribution >= 0.6 is 0 Å². The molecule has 0 aliphatic heterocycles. The maximum Gasteiger partial charge on any atom is 0.336 e. The second kappa shape index (κ2) is 12.6. The standard InChI is InChI=1S/C24H24N2O6/c1-29-13-12-26-24(28)19(16-25)14-18-6-10-21(22(15-18)31-3)32-23(27)11-7-17-4-8-20(30-2)9-5-17/h4-11,14-15H,12-13H2,1-3H3,(H,26,28)/b11-7+,19-14+. The number of ether oxygens (including phenoxy) is 4. The first kappa shape index (κ1) is 24.2. The van der Waals surface area contributed by atoms with Gasteiger partial charge in [-0.05, 0) is 47.5 Å². The van der Waals surface area contributed by atoms with E-state index in [4.69, 9.17) is 18.9 Å². The van der Waals surface area contributed by atoms with Crippen LogP contribution < -0.4 is 19.5 Å². The summed E-state index contributed by atoms with van der Waals surface area (Å²) < 4.78 is 20.6. The van der Waals surface area contributed by atoms with E-state index in [1.165, 1.54) is 32.4 Å². The monoisotopic (exact) mass is 436 g/mol. The number of nitriles is 1. The highest BCUT2D eigenvalue weighted by molar-refractivity contribution is 6.01. The largest absolute Gasteiger partial charge is 0.497 e. The number of methoxy groups -OCH3 is 3. The van der Waals surface area contributed by atoms with Gasteiger partial charge in [0.05, 0.1) is 20.8 Å². The summed E-state index contributed by atoms with van der Waals surface area (Å²) >= 11 is 0. The SMILES string of the molecule is COCCNC(=O)/C(C#N)=C/c1ccc(OC(=O)/C=C/c2ccc(OC)cc2)c(OC)c1. The van der Waals surface area contributed by atoms with Gasteiger partial charge in [-0.2, -0.15) is 5.26 Å². The number of benzene rings is 2. The number of rotatable bonds is 10. The molecule has 0 aliphatic rings. The van der Waals surface area contributed by atoms with E-state index < -0.39 is 11.9 Å². The molecule has 0 heterocycles. The molecule has 0 saturated heterocycles. The number of nitrogens with one attached hydrogen (secondary N) is 1. The Kier molecular flexibility index (Phi) is 9.50. The van der Waals surface area contributed by atoms with Crippen molar-refractivity contribution in [1.29, 1.82) is 5.26 Å². The lowest BCUT2D eigenvalue weighted by atomic mass is 10.1. The molecule has 0 aromatic heterocycles. The Labute approximate surface area is 186 Å². The van der Waals surface area contributed by atoms with Crippen LogP contribution in [0.25, 0.3) is 12.2 Å². The summed E-state index contributed by atoms with van der Waals surface area (Å²) in [5, 5.41) is 11.9. The van der Waals surface area contributed by atoms with Crippen LogP contribution in [0.4, 0.5) is 0 Å². The molecule has 0 bridgehead atoms.